The van der Waals surface area contributed by atoms with Crippen LogP contribution >= 0.6 is 38.5 Å². The van der Waals surface area contributed by atoms with Crippen LogP contribution in [0.15, 0.2) is 16.7 Å². The zero-order chi connectivity index (χ0) is 7.56. The highest BCUT2D eigenvalue weighted by atomic mass is 127. The first kappa shape index (κ1) is 8.13. The predicted octanol–water partition coefficient (Wildman–Crippen LogP) is 2.26. The Morgan fingerprint density at radius 2 is 2.40 bits per heavy atom. The monoisotopic (exact) mass is 311 g/mol. The van der Waals surface area contributed by atoms with Gasteiger partial charge in [-0.2, -0.15) is 0 Å². The molecule has 1 rings (SSSR count). The quantitative estimate of drug-likeness (QED) is 0.588. The van der Waals surface area contributed by atoms with Crippen LogP contribution in [-0.4, -0.2) is 11.3 Å². The number of carbonyl (C=O) groups excluding carboxylic acids is 1. The van der Waals surface area contributed by atoms with Crippen LogP contribution < -0.4 is 0 Å². The van der Waals surface area contributed by atoms with Crippen LogP contribution in [0.3, 0.4) is 0 Å². The zero-order valence-electron chi connectivity index (χ0n) is 4.84. The molecule has 0 spiro atoms. The predicted molar refractivity (Wildman–Crippen MR) is 50.0 cm³/mol. The summed E-state index contributed by atoms with van der Waals surface area (Å²) in [6, 6.07) is 1.80. The van der Waals surface area contributed by atoms with E-state index in [1.54, 1.807) is 12.3 Å². The molecule has 0 fully saturated rings. The zero-order valence-corrected chi connectivity index (χ0v) is 8.59. The van der Waals surface area contributed by atoms with Crippen LogP contribution in [0.2, 0.25) is 0 Å². The Kier molecular flexibility index (Phi) is 2.79. The standard InChI is InChI=1S/C6H3BrINO/c7-4-1-2-9-5(3-10)6(4)8/h1-3H. The average molecular weight is 312 g/mol. The number of aldehydes is 1. The van der Waals surface area contributed by atoms with E-state index in [4.69, 9.17) is 0 Å². The Morgan fingerprint density at radius 3 is 2.90 bits per heavy atom. The summed E-state index contributed by atoms with van der Waals surface area (Å²) in [5.74, 6) is 0. The van der Waals surface area contributed by atoms with E-state index in [-0.39, 0.29) is 0 Å². The SMILES string of the molecule is O=Cc1nccc(Br)c1I. The van der Waals surface area contributed by atoms with Crippen molar-refractivity contribution in [1.29, 1.82) is 0 Å². The third-order valence-electron chi connectivity index (χ3n) is 0.981. The lowest BCUT2D eigenvalue weighted by Gasteiger charge is -1.95. The maximum atomic E-state index is 10.3. The first-order chi connectivity index (χ1) is 4.75. The van der Waals surface area contributed by atoms with Gasteiger partial charge in [-0.3, -0.25) is 9.78 Å². The summed E-state index contributed by atoms with van der Waals surface area (Å²) in [5.41, 5.74) is 0.481. The molecule has 1 aromatic rings. The lowest BCUT2D eigenvalue weighted by Crippen LogP contribution is -1.90. The first-order valence-corrected chi connectivity index (χ1v) is 4.38. The molecule has 0 aliphatic rings. The molecular formula is C6H3BrINO. The Morgan fingerprint density at radius 1 is 1.70 bits per heavy atom. The molecule has 0 aromatic carbocycles. The highest BCUT2D eigenvalue weighted by molar-refractivity contribution is 14.1. The van der Waals surface area contributed by atoms with Crippen LogP contribution in [0.25, 0.3) is 0 Å². The summed E-state index contributed by atoms with van der Waals surface area (Å²) < 4.78 is 1.76. The van der Waals surface area contributed by atoms with Gasteiger partial charge in [0.25, 0.3) is 0 Å². The Bertz CT molecular complexity index is 264. The number of hydrogen-bond acceptors (Lipinski definition) is 2. The highest BCUT2D eigenvalue weighted by Gasteiger charge is 2.01. The Balaban J connectivity index is 3.27. The van der Waals surface area contributed by atoms with E-state index >= 15 is 0 Å². The lowest BCUT2D eigenvalue weighted by molar-refractivity contribution is 0.111. The molecule has 0 saturated carbocycles. The third kappa shape index (κ3) is 1.54. The van der Waals surface area contributed by atoms with Crippen LogP contribution in [0, 0.1) is 3.57 Å². The molecule has 1 heterocycles. The van der Waals surface area contributed by atoms with E-state index in [0.29, 0.717) is 5.69 Å². The van der Waals surface area contributed by atoms with Crippen molar-refractivity contribution in [2.45, 2.75) is 0 Å². The molecule has 0 bridgehead atoms. The van der Waals surface area contributed by atoms with E-state index in [2.05, 4.69) is 43.5 Å². The molecule has 0 N–H and O–H groups in total. The molecule has 4 heteroatoms. The van der Waals surface area contributed by atoms with Crippen molar-refractivity contribution in [3.8, 4) is 0 Å². The van der Waals surface area contributed by atoms with Crippen LogP contribution in [0.4, 0.5) is 0 Å². The number of nitrogens with zero attached hydrogens (tertiary/aromatic N) is 1. The van der Waals surface area contributed by atoms with Gasteiger partial charge in [-0.1, -0.05) is 0 Å². The van der Waals surface area contributed by atoms with Crippen molar-refractivity contribution < 1.29 is 4.79 Å². The minimum absolute atomic E-state index is 0.481. The van der Waals surface area contributed by atoms with E-state index in [9.17, 15) is 4.79 Å². The molecule has 0 aliphatic heterocycles. The molecule has 1 aromatic heterocycles. The lowest BCUT2D eigenvalue weighted by atomic mass is 10.4. The first-order valence-electron chi connectivity index (χ1n) is 2.51. The van der Waals surface area contributed by atoms with Crippen LogP contribution in [0.5, 0.6) is 0 Å². The van der Waals surface area contributed by atoms with Crippen LogP contribution in [-0.2, 0) is 0 Å². The Hall–Kier alpha value is 0.0300. The fourth-order valence-corrected chi connectivity index (χ4v) is 1.28. The Labute approximate surface area is 80.3 Å². The van der Waals surface area contributed by atoms with Crippen molar-refractivity contribution in [3.63, 3.8) is 0 Å². The molecule has 0 atom stereocenters. The number of hydrogen-bond donors (Lipinski definition) is 0. The van der Waals surface area contributed by atoms with Crippen molar-refractivity contribution in [1.82, 2.24) is 4.98 Å². The topological polar surface area (TPSA) is 30.0 Å². The molecule has 0 amide bonds. The molecular weight excluding hydrogens is 309 g/mol. The molecule has 0 radical (unpaired) electrons. The largest absolute Gasteiger partial charge is 0.296 e. The van der Waals surface area contributed by atoms with E-state index in [1.807, 2.05) is 0 Å². The summed E-state index contributed by atoms with van der Waals surface area (Å²) >= 11 is 5.34. The minimum atomic E-state index is 0.481. The summed E-state index contributed by atoms with van der Waals surface area (Å²) in [7, 11) is 0. The minimum Gasteiger partial charge on any atom is -0.296 e. The summed E-state index contributed by atoms with van der Waals surface area (Å²) in [4.78, 5) is 14.1. The van der Waals surface area contributed by atoms with Gasteiger partial charge >= 0.3 is 0 Å². The second-order valence-corrected chi connectivity index (χ2v) is 3.54. The van der Waals surface area contributed by atoms with Crippen molar-refractivity contribution in [2.24, 2.45) is 0 Å². The fourth-order valence-electron chi connectivity index (χ4n) is 0.517. The molecule has 0 unspecified atom stereocenters. The normalized spacial score (nSPS) is 9.40. The second kappa shape index (κ2) is 3.43. The van der Waals surface area contributed by atoms with E-state index in [1.165, 1.54) is 0 Å². The number of carbonyl (C=O) groups is 1. The fraction of sp³-hybridized carbons (Fsp3) is 0. The molecule has 52 valence electrons. The molecule has 0 aliphatic carbocycles. The van der Waals surface area contributed by atoms with Crippen molar-refractivity contribution in [3.05, 3.63) is 26.0 Å². The molecule has 10 heavy (non-hydrogen) atoms. The number of pyridine rings is 1. The smallest absolute Gasteiger partial charge is 0.169 e. The van der Waals surface area contributed by atoms with Gasteiger partial charge in [0.05, 0.1) is 3.57 Å². The number of halogens is 2. The van der Waals surface area contributed by atoms with Crippen LogP contribution in [0.1, 0.15) is 10.5 Å². The second-order valence-electron chi connectivity index (χ2n) is 1.61. The van der Waals surface area contributed by atoms with Gasteiger partial charge in [-0.15, -0.1) is 0 Å². The summed E-state index contributed by atoms with van der Waals surface area (Å²) in [6.45, 7) is 0. The number of rotatable bonds is 1. The maximum Gasteiger partial charge on any atom is 0.169 e. The van der Waals surface area contributed by atoms with E-state index < -0.39 is 0 Å². The third-order valence-corrected chi connectivity index (χ3v) is 3.52. The average Bonchev–Trinajstić information content (AvgIpc) is 1.95. The van der Waals surface area contributed by atoms with Gasteiger partial charge in [-0.05, 0) is 44.6 Å². The van der Waals surface area contributed by atoms with Crippen molar-refractivity contribution >= 4 is 44.8 Å². The van der Waals surface area contributed by atoms with Gasteiger partial charge in [-0.25, -0.2) is 0 Å². The van der Waals surface area contributed by atoms with Crippen molar-refractivity contribution in [2.75, 3.05) is 0 Å². The highest BCUT2D eigenvalue weighted by Crippen LogP contribution is 2.19. The van der Waals surface area contributed by atoms with Gasteiger partial charge in [0, 0.05) is 10.7 Å². The van der Waals surface area contributed by atoms with Gasteiger partial charge in [0.2, 0.25) is 0 Å². The van der Waals surface area contributed by atoms with Gasteiger partial charge < -0.3 is 0 Å². The van der Waals surface area contributed by atoms with E-state index in [0.717, 1.165) is 14.3 Å². The maximum absolute atomic E-state index is 10.3. The summed E-state index contributed by atoms with van der Waals surface area (Å²) in [5, 5.41) is 0. The molecule has 2 nitrogen and oxygen atoms in total. The summed E-state index contributed by atoms with van der Waals surface area (Å²) in [6.07, 6.45) is 2.34. The van der Waals surface area contributed by atoms with Gasteiger partial charge in [0.15, 0.2) is 6.29 Å². The van der Waals surface area contributed by atoms with Gasteiger partial charge in [0.1, 0.15) is 5.69 Å². The number of aromatic nitrogens is 1. The molecule has 0 saturated heterocycles.